The summed E-state index contributed by atoms with van der Waals surface area (Å²) >= 11 is 0. The number of aryl methyl sites for hydroxylation is 1. The van der Waals surface area contributed by atoms with Crippen LogP contribution in [0.4, 0.5) is 11.5 Å². The molecule has 0 amide bonds. The Labute approximate surface area is 149 Å². The summed E-state index contributed by atoms with van der Waals surface area (Å²) in [6.07, 6.45) is 6.47. The van der Waals surface area contributed by atoms with E-state index >= 15 is 0 Å². The first-order valence-corrected chi connectivity index (χ1v) is 8.68. The summed E-state index contributed by atoms with van der Waals surface area (Å²) in [5.74, 6) is 1.31. The van der Waals surface area contributed by atoms with E-state index in [2.05, 4.69) is 44.6 Å². The zero-order valence-corrected chi connectivity index (χ0v) is 14.1. The molecule has 7 nitrogen and oxygen atoms in total. The number of aromatic nitrogens is 4. The summed E-state index contributed by atoms with van der Waals surface area (Å²) in [5, 5.41) is 7.99. The Hall–Kier alpha value is -3.35. The SMILES string of the molecule is Nc1cc(NC2CCCc3ccccc32)cc2nc(-c3ncco3)nn12. The Morgan fingerprint density at radius 1 is 1.23 bits per heavy atom. The monoisotopic (exact) mass is 346 g/mol. The number of nitrogen functional groups attached to an aromatic ring is 1. The number of benzene rings is 1. The molecule has 1 aliphatic carbocycles. The van der Waals surface area contributed by atoms with Gasteiger partial charge in [0.25, 0.3) is 5.89 Å². The molecule has 7 heteroatoms. The second-order valence-electron chi connectivity index (χ2n) is 6.50. The Morgan fingerprint density at radius 2 is 2.15 bits per heavy atom. The summed E-state index contributed by atoms with van der Waals surface area (Å²) in [7, 11) is 0. The van der Waals surface area contributed by atoms with E-state index in [1.54, 1.807) is 10.7 Å². The number of hydrogen-bond acceptors (Lipinski definition) is 6. The van der Waals surface area contributed by atoms with Gasteiger partial charge in [0.15, 0.2) is 5.65 Å². The van der Waals surface area contributed by atoms with Crippen molar-refractivity contribution in [2.45, 2.75) is 25.3 Å². The van der Waals surface area contributed by atoms with Gasteiger partial charge >= 0.3 is 0 Å². The highest BCUT2D eigenvalue weighted by atomic mass is 16.3. The molecule has 3 heterocycles. The molecule has 3 N–H and O–H groups in total. The average Bonchev–Trinajstić information content (AvgIpc) is 3.32. The Morgan fingerprint density at radius 3 is 3.04 bits per heavy atom. The lowest BCUT2D eigenvalue weighted by atomic mass is 9.87. The molecule has 5 rings (SSSR count). The average molecular weight is 346 g/mol. The van der Waals surface area contributed by atoms with Crippen molar-refractivity contribution in [3.05, 3.63) is 60.0 Å². The molecule has 0 bridgehead atoms. The van der Waals surface area contributed by atoms with Gasteiger partial charge in [0.2, 0.25) is 5.82 Å². The molecule has 0 aliphatic heterocycles. The number of oxazole rings is 1. The Kier molecular flexibility index (Phi) is 3.38. The highest BCUT2D eigenvalue weighted by molar-refractivity contribution is 5.64. The highest BCUT2D eigenvalue weighted by Crippen LogP contribution is 2.33. The minimum atomic E-state index is 0.274. The number of nitrogens with zero attached hydrogens (tertiary/aromatic N) is 4. The molecular weight excluding hydrogens is 328 g/mol. The fourth-order valence-corrected chi connectivity index (χ4v) is 3.62. The van der Waals surface area contributed by atoms with Crippen LogP contribution in [0.15, 0.2) is 53.3 Å². The van der Waals surface area contributed by atoms with Crippen molar-refractivity contribution in [3.63, 3.8) is 0 Å². The van der Waals surface area contributed by atoms with Crippen molar-refractivity contribution in [2.24, 2.45) is 0 Å². The van der Waals surface area contributed by atoms with Crippen LogP contribution in [-0.4, -0.2) is 19.6 Å². The largest absolute Gasteiger partial charge is 0.442 e. The smallest absolute Gasteiger partial charge is 0.266 e. The van der Waals surface area contributed by atoms with Gasteiger partial charge in [-0.25, -0.2) is 9.97 Å². The van der Waals surface area contributed by atoms with Crippen molar-refractivity contribution < 1.29 is 4.42 Å². The lowest BCUT2D eigenvalue weighted by molar-refractivity contribution is 0.569. The Balaban J connectivity index is 1.50. The first-order chi connectivity index (χ1) is 12.8. The molecule has 0 saturated carbocycles. The minimum Gasteiger partial charge on any atom is -0.442 e. The van der Waals surface area contributed by atoms with E-state index in [-0.39, 0.29) is 6.04 Å². The molecule has 0 fully saturated rings. The standard InChI is InChI=1S/C19H18N6O/c20-16-10-13(22-15-7-3-5-12-4-1-2-6-14(12)15)11-17-23-18(24-25(16)17)19-21-8-9-26-19/h1-2,4,6,8-11,15,22H,3,5,7,20H2. The third-order valence-corrected chi connectivity index (χ3v) is 4.80. The summed E-state index contributed by atoms with van der Waals surface area (Å²) in [4.78, 5) is 8.58. The third kappa shape index (κ3) is 2.48. The molecule has 0 spiro atoms. The molecule has 1 atom stereocenters. The number of fused-ring (bicyclic) bond motifs is 2. The summed E-state index contributed by atoms with van der Waals surface area (Å²) in [5.41, 5.74) is 10.6. The first-order valence-electron chi connectivity index (χ1n) is 8.68. The molecule has 1 aliphatic rings. The van der Waals surface area contributed by atoms with Gasteiger partial charge in [0.1, 0.15) is 12.1 Å². The maximum atomic E-state index is 6.19. The number of rotatable bonds is 3. The molecule has 3 aromatic heterocycles. The van der Waals surface area contributed by atoms with Crippen LogP contribution in [0.25, 0.3) is 17.4 Å². The maximum Gasteiger partial charge on any atom is 0.266 e. The van der Waals surface area contributed by atoms with Gasteiger partial charge in [-0.2, -0.15) is 4.52 Å². The van der Waals surface area contributed by atoms with E-state index in [9.17, 15) is 0 Å². The van der Waals surface area contributed by atoms with E-state index in [0.29, 0.717) is 23.2 Å². The first kappa shape index (κ1) is 14.9. The molecule has 130 valence electrons. The van der Waals surface area contributed by atoms with Gasteiger partial charge in [-0.3, -0.25) is 0 Å². The van der Waals surface area contributed by atoms with Crippen molar-refractivity contribution in [1.82, 2.24) is 19.6 Å². The molecule has 1 aromatic carbocycles. The van der Waals surface area contributed by atoms with Crippen LogP contribution in [0, 0.1) is 0 Å². The predicted molar refractivity (Wildman–Crippen MR) is 98.6 cm³/mol. The van der Waals surface area contributed by atoms with Gasteiger partial charge in [-0.1, -0.05) is 24.3 Å². The van der Waals surface area contributed by atoms with E-state index in [1.807, 2.05) is 12.1 Å². The molecular formula is C19H18N6O. The summed E-state index contributed by atoms with van der Waals surface area (Å²) < 4.78 is 6.87. The predicted octanol–water partition coefficient (Wildman–Crippen LogP) is 3.46. The van der Waals surface area contributed by atoms with Crippen molar-refractivity contribution in [1.29, 1.82) is 0 Å². The molecule has 0 radical (unpaired) electrons. The fraction of sp³-hybridized carbons (Fsp3) is 0.211. The van der Waals surface area contributed by atoms with Crippen molar-refractivity contribution in [3.8, 4) is 11.7 Å². The van der Waals surface area contributed by atoms with Crippen LogP contribution >= 0.6 is 0 Å². The van der Waals surface area contributed by atoms with Crippen LogP contribution in [0.2, 0.25) is 0 Å². The summed E-state index contributed by atoms with van der Waals surface area (Å²) in [6.45, 7) is 0. The van der Waals surface area contributed by atoms with Crippen LogP contribution in [0.3, 0.4) is 0 Å². The quantitative estimate of drug-likeness (QED) is 0.590. The number of nitrogens with two attached hydrogens (primary N) is 1. The molecule has 4 aromatic rings. The van der Waals surface area contributed by atoms with Gasteiger partial charge in [-0.05, 0) is 30.4 Å². The number of nitrogens with one attached hydrogen (secondary N) is 1. The number of pyridine rings is 1. The second-order valence-corrected chi connectivity index (χ2v) is 6.50. The number of hydrogen-bond donors (Lipinski definition) is 2. The highest BCUT2D eigenvalue weighted by Gasteiger charge is 2.20. The van der Waals surface area contributed by atoms with Crippen LogP contribution in [0.5, 0.6) is 0 Å². The van der Waals surface area contributed by atoms with Gasteiger partial charge in [-0.15, -0.1) is 5.10 Å². The normalized spacial score (nSPS) is 16.5. The fourth-order valence-electron chi connectivity index (χ4n) is 3.62. The number of anilines is 2. The molecule has 0 saturated heterocycles. The zero-order chi connectivity index (χ0) is 17.5. The lowest BCUT2D eigenvalue weighted by Crippen LogP contribution is -2.17. The van der Waals surface area contributed by atoms with Crippen LogP contribution in [0.1, 0.15) is 30.0 Å². The van der Waals surface area contributed by atoms with E-state index in [1.165, 1.54) is 23.8 Å². The Bertz CT molecular complexity index is 1070. The zero-order valence-electron chi connectivity index (χ0n) is 14.1. The van der Waals surface area contributed by atoms with Gasteiger partial charge in [0, 0.05) is 17.8 Å². The molecule has 26 heavy (non-hydrogen) atoms. The van der Waals surface area contributed by atoms with Crippen molar-refractivity contribution in [2.75, 3.05) is 11.1 Å². The molecule has 1 unspecified atom stereocenters. The second kappa shape index (κ2) is 5.87. The van der Waals surface area contributed by atoms with E-state index in [0.717, 1.165) is 18.5 Å². The maximum absolute atomic E-state index is 6.19. The topological polar surface area (TPSA) is 94.3 Å². The van der Waals surface area contributed by atoms with Crippen LogP contribution in [-0.2, 0) is 6.42 Å². The minimum absolute atomic E-state index is 0.274. The van der Waals surface area contributed by atoms with Crippen LogP contribution < -0.4 is 11.1 Å². The van der Waals surface area contributed by atoms with Gasteiger partial charge < -0.3 is 15.5 Å². The van der Waals surface area contributed by atoms with E-state index in [4.69, 9.17) is 10.2 Å². The van der Waals surface area contributed by atoms with Crippen molar-refractivity contribution >= 4 is 17.2 Å². The third-order valence-electron chi connectivity index (χ3n) is 4.80. The lowest BCUT2D eigenvalue weighted by Gasteiger charge is -2.27. The summed E-state index contributed by atoms with van der Waals surface area (Å²) in [6, 6.07) is 12.7. The van der Waals surface area contributed by atoms with Gasteiger partial charge in [0.05, 0.1) is 12.2 Å². The van der Waals surface area contributed by atoms with E-state index < -0.39 is 0 Å².